The summed E-state index contributed by atoms with van der Waals surface area (Å²) < 4.78 is 9.88. The van der Waals surface area contributed by atoms with Gasteiger partial charge in [-0.25, -0.2) is 0 Å². The lowest BCUT2D eigenvalue weighted by Gasteiger charge is -2.08. The molecule has 84 valence electrons. The summed E-state index contributed by atoms with van der Waals surface area (Å²) in [4.78, 5) is 11.0. The van der Waals surface area contributed by atoms with E-state index in [0.29, 0.717) is 19.8 Å². The summed E-state index contributed by atoms with van der Waals surface area (Å²) in [6.45, 7) is 5.22. The van der Waals surface area contributed by atoms with Crippen molar-refractivity contribution in [2.45, 2.75) is 20.0 Å². The fourth-order valence-electron chi connectivity index (χ4n) is 0.806. The van der Waals surface area contributed by atoms with Gasteiger partial charge < -0.3 is 19.9 Å². The normalized spacial score (nSPS) is 10.6. The van der Waals surface area contributed by atoms with Crippen LogP contribution in [0.15, 0.2) is 0 Å². The number of nitrogens with one attached hydrogen (secondary N) is 1. The predicted octanol–water partition coefficient (Wildman–Crippen LogP) is -0.463. The topological polar surface area (TPSA) is 67.8 Å². The van der Waals surface area contributed by atoms with Crippen LogP contribution in [0.3, 0.4) is 0 Å². The molecule has 0 atom stereocenters. The first kappa shape index (κ1) is 13.4. The van der Waals surface area contributed by atoms with Gasteiger partial charge in [-0.3, -0.25) is 4.79 Å². The highest BCUT2D eigenvalue weighted by Crippen LogP contribution is 1.87. The third-order valence-corrected chi connectivity index (χ3v) is 1.30. The van der Waals surface area contributed by atoms with Crippen molar-refractivity contribution in [2.24, 2.45) is 0 Å². The van der Waals surface area contributed by atoms with Gasteiger partial charge in [0.15, 0.2) is 0 Å². The summed E-state index contributed by atoms with van der Waals surface area (Å²) in [6, 6.07) is 0. The Hall–Kier alpha value is -0.650. The minimum atomic E-state index is -0.262. The number of esters is 1. The van der Waals surface area contributed by atoms with Crippen LogP contribution in [0.4, 0.5) is 0 Å². The average Bonchev–Trinajstić information content (AvgIpc) is 2.10. The maximum absolute atomic E-state index is 11.0. The van der Waals surface area contributed by atoms with Crippen LogP contribution in [0, 0.1) is 0 Å². The number of hydrogen-bond acceptors (Lipinski definition) is 5. The lowest BCUT2D eigenvalue weighted by atomic mass is 10.5. The second-order valence-electron chi connectivity index (χ2n) is 3.05. The summed E-state index contributed by atoms with van der Waals surface area (Å²) in [6.07, 6.45) is -0.0741. The minimum absolute atomic E-state index is 0.0232. The molecule has 0 aromatic carbocycles. The van der Waals surface area contributed by atoms with Gasteiger partial charge in [0.1, 0.15) is 0 Å². The Labute approximate surface area is 84.4 Å². The second kappa shape index (κ2) is 8.93. The van der Waals surface area contributed by atoms with Crippen LogP contribution in [0.1, 0.15) is 13.8 Å². The van der Waals surface area contributed by atoms with Gasteiger partial charge in [0.25, 0.3) is 0 Å². The average molecular weight is 205 g/mol. The van der Waals surface area contributed by atoms with Gasteiger partial charge in [0.2, 0.25) is 0 Å². The predicted molar refractivity (Wildman–Crippen MR) is 52.0 cm³/mol. The zero-order valence-corrected chi connectivity index (χ0v) is 8.78. The summed E-state index contributed by atoms with van der Waals surface area (Å²) in [5, 5.41) is 11.3. The van der Waals surface area contributed by atoms with Crippen LogP contribution in [0.2, 0.25) is 0 Å². The van der Waals surface area contributed by atoms with E-state index in [1.807, 2.05) is 13.8 Å². The number of rotatable bonds is 8. The number of carbonyl (C=O) groups excluding carboxylic acids is 1. The third-order valence-electron chi connectivity index (χ3n) is 1.30. The molecule has 0 saturated heterocycles. The van der Waals surface area contributed by atoms with Gasteiger partial charge in [-0.15, -0.1) is 0 Å². The fraction of sp³-hybridized carbons (Fsp3) is 0.889. The Balaban J connectivity index is 3.15. The van der Waals surface area contributed by atoms with E-state index in [9.17, 15) is 4.79 Å². The van der Waals surface area contributed by atoms with Crippen molar-refractivity contribution in [2.75, 3.05) is 32.9 Å². The second-order valence-corrected chi connectivity index (χ2v) is 3.05. The molecule has 0 amide bonds. The standard InChI is InChI=1S/C9H19NO4/c1-8(2)14-9(12)7-10-3-5-13-6-4-11/h8,10-11H,3-7H2,1-2H3. The molecule has 0 bridgehead atoms. The van der Waals surface area contributed by atoms with E-state index < -0.39 is 0 Å². The van der Waals surface area contributed by atoms with Crippen LogP contribution in [-0.4, -0.2) is 50.1 Å². The number of ether oxygens (including phenoxy) is 2. The summed E-state index contributed by atoms with van der Waals surface area (Å²) in [5.74, 6) is -0.262. The molecule has 0 heterocycles. The van der Waals surface area contributed by atoms with Crippen molar-refractivity contribution in [3.8, 4) is 0 Å². The Bertz CT molecular complexity index is 150. The first-order chi connectivity index (χ1) is 6.66. The van der Waals surface area contributed by atoms with Gasteiger partial charge in [-0.05, 0) is 13.8 Å². The molecular formula is C9H19NO4. The zero-order valence-electron chi connectivity index (χ0n) is 8.78. The van der Waals surface area contributed by atoms with Gasteiger partial charge >= 0.3 is 5.97 Å². The monoisotopic (exact) mass is 205 g/mol. The molecule has 0 unspecified atom stereocenters. The highest BCUT2D eigenvalue weighted by molar-refractivity contribution is 5.71. The van der Waals surface area contributed by atoms with Crippen LogP contribution in [-0.2, 0) is 14.3 Å². The van der Waals surface area contributed by atoms with Crippen molar-refractivity contribution in [3.05, 3.63) is 0 Å². The van der Waals surface area contributed by atoms with Crippen LogP contribution < -0.4 is 5.32 Å². The Morgan fingerprint density at radius 3 is 2.71 bits per heavy atom. The number of aliphatic hydroxyl groups excluding tert-OH is 1. The fourth-order valence-corrected chi connectivity index (χ4v) is 0.806. The van der Waals surface area contributed by atoms with Crippen molar-refractivity contribution in [1.29, 1.82) is 0 Å². The minimum Gasteiger partial charge on any atom is -0.462 e. The summed E-state index contributed by atoms with van der Waals surface area (Å²) in [5.41, 5.74) is 0. The molecule has 0 aliphatic rings. The van der Waals surface area contributed by atoms with E-state index in [1.165, 1.54) is 0 Å². The lowest BCUT2D eigenvalue weighted by molar-refractivity contribution is -0.146. The molecule has 0 spiro atoms. The molecule has 0 fully saturated rings. The molecule has 5 heteroatoms. The van der Waals surface area contributed by atoms with Crippen molar-refractivity contribution >= 4 is 5.97 Å². The summed E-state index contributed by atoms with van der Waals surface area (Å²) in [7, 11) is 0. The van der Waals surface area contributed by atoms with Gasteiger partial charge in [-0.1, -0.05) is 0 Å². The van der Waals surface area contributed by atoms with Gasteiger partial charge in [0, 0.05) is 6.54 Å². The van der Waals surface area contributed by atoms with Crippen LogP contribution in [0.25, 0.3) is 0 Å². The molecule has 5 nitrogen and oxygen atoms in total. The van der Waals surface area contributed by atoms with Crippen LogP contribution in [0.5, 0.6) is 0 Å². The molecule has 0 rings (SSSR count). The van der Waals surface area contributed by atoms with Crippen LogP contribution >= 0.6 is 0 Å². The van der Waals surface area contributed by atoms with E-state index >= 15 is 0 Å². The molecular weight excluding hydrogens is 186 g/mol. The number of aliphatic hydroxyl groups is 1. The van der Waals surface area contributed by atoms with E-state index in [-0.39, 0.29) is 25.2 Å². The molecule has 0 radical (unpaired) electrons. The molecule has 0 aliphatic heterocycles. The van der Waals surface area contributed by atoms with E-state index in [2.05, 4.69) is 5.32 Å². The van der Waals surface area contributed by atoms with E-state index in [1.54, 1.807) is 0 Å². The molecule has 0 saturated carbocycles. The van der Waals surface area contributed by atoms with E-state index in [4.69, 9.17) is 14.6 Å². The molecule has 14 heavy (non-hydrogen) atoms. The van der Waals surface area contributed by atoms with Crippen molar-refractivity contribution in [1.82, 2.24) is 5.32 Å². The van der Waals surface area contributed by atoms with E-state index in [0.717, 1.165) is 0 Å². The quantitative estimate of drug-likeness (QED) is 0.414. The SMILES string of the molecule is CC(C)OC(=O)CNCCOCCO. The molecule has 0 aromatic heterocycles. The zero-order chi connectivity index (χ0) is 10.8. The summed E-state index contributed by atoms with van der Waals surface area (Å²) >= 11 is 0. The first-order valence-corrected chi connectivity index (χ1v) is 4.75. The molecule has 0 aliphatic carbocycles. The highest BCUT2D eigenvalue weighted by atomic mass is 16.5. The number of hydrogen-bond donors (Lipinski definition) is 2. The first-order valence-electron chi connectivity index (χ1n) is 4.75. The lowest BCUT2D eigenvalue weighted by Crippen LogP contribution is -2.29. The number of carbonyl (C=O) groups is 1. The Morgan fingerprint density at radius 1 is 1.43 bits per heavy atom. The van der Waals surface area contributed by atoms with Crippen molar-refractivity contribution < 1.29 is 19.4 Å². The maximum Gasteiger partial charge on any atom is 0.320 e. The largest absolute Gasteiger partial charge is 0.462 e. The Kier molecular flexibility index (Phi) is 8.51. The Morgan fingerprint density at radius 2 is 2.14 bits per heavy atom. The van der Waals surface area contributed by atoms with Crippen molar-refractivity contribution in [3.63, 3.8) is 0 Å². The molecule has 0 aromatic rings. The van der Waals surface area contributed by atoms with Gasteiger partial charge in [-0.2, -0.15) is 0 Å². The maximum atomic E-state index is 11.0. The third kappa shape index (κ3) is 9.44. The smallest absolute Gasteiger partial charge is 0.320 e. The van der Waals surface area contributed by atoms with Gasteiger partial charge in [0.05, 0.1) is 32.5 Å². The highest BCUT2D eigenvalue weighted by Gasteiger charge is 2.03. The molecule has 2 N–H and O–H groups in total.